The molecule has 34 heavy (non-hydrogen) atoms. The van der Waals surface area contributed by atoms with Crippen molar-refractivity contribution in [2.45, 2.75) is 11.3 Å². The molecule has 5 rings (SSSR count). The van der Waals surface area contributed by atoms with Gasteiger partial charge in [-0.3, -0.25) is 14.4 Å². The van der Waals surface area contributed by atoms with Crippen molar-refractivity contribution in [3.63, 3.8) is 0 Å². The first-order valence-corrected chi connectivity index (χ1v) is 12.4. The van der Waals surface area contributed by atoms with Gasteiger partial charge in [-0.1, -0.05) is 23.9 Å². The molecule has 3 aromatic carbocycles. The highest BCUT2D eigenvalue weighted by atomic mass is 32.2. The van der Waals surface area contributed by atoms with Gasteiger partial charge in [-0.05, 0) is 61.5 Å². The lowest BCUT2D eigenvalue weighted by Gasteiger charge is -2.13. The highest BCUT2D eigenvalue weighted by Gasteiger charge is 2.36. The number of anilines is 2. The molecule has 7 nitrogen and oxygen atoms in total. The molecule has 9 heteroatoms. The van der Waals surface area contributed by atoms with E-state index in [4.69, 9.17) is 4.74 Å². The van der Waals surface area contributed by atoms with Gasteiger partial charge in [0.2, 0.25) is 5.91 Å². The third-order valence-corrected chi connectivity index (χ3v) is 7.34. The molecule has 0 saturated heterocycles. The van der Waals surface area contributed by atoms with Gasteiger partial charge in [0.05, 0.1) is 39.4 Å². The summed E-state index contributed by atoms with van der Waals surface area (Å²) in [5.74, 6) is 0.165. The molecule has 0 aliphatic carbocycles. The lowest BCUT2D eigenvalue weighted by Crippen LogP contribution is -2.29. The number of amides is 3. The minimum atomic E-state index is -0.329. The van der Waals surface area contributed by atoms with Crippen molar-refractivity contribution in [2.75, 3.05) is 22.6 Å². The van der Waals surface area contributed by atoms with Crippen molar-refractivity contribution in [2.24, 2.45) is 0 Å². The number of ether oxygens (including phenoxy) is 1. The molecule has 2 heterocycles. The summed E-state index contributed by atoms with van der Waals surface area (Å²) in [6, 6.07) is 19.3. The zero-order chi connectivity index (χ0) is 23.7. The number of carbonyl (C=O) groups is 3. The van der Waals surface area contributed by atoms with Crippen LogP contribution in [0.2, 0.25) is 0 Å². The molecule has 0 unspecified atom stereocenters. The van der Waals surface area contributed by atoms with Crippen LogP contribution in [0.25, 0.3) is 10.2 Å². The van der Waals surface area contributed by atoms with Crippen molar-refractivity contribution < 1.29 is 19.1 Å². The average Bonchev–Trinajstić information content (AvgIpc) is 3.37. The molecule has 1 aliphatic heterocycles. The van der Waals surface area contributed by atoms with Gasteiger partial charge >= 0.3 is 0 Å². The molecule has 0 spiro atoms. The zero-order valence-electron chi connectivity index (χ0n) is 18.1. The molecular formula is C25H19N3O4S2. The van der Waals surface area contributed by atoms with Crippen LogP contribution in [0.4, 0.5) is 11.4 Å². The Bertz CT molecular complexity index is 1380. The Hall–Kier alpha value is -3.69. The summed E-state index contributed by atoms with van der Waals surface area (Å²) in [5, 5.41) is 2.86. The number of thioether (sulfide) groups is 1. The minimum Gasteiger partial charge on any atom is -0.494 e. The molecule has 1 aromatic heterocycles. The van der Waals surface area contributed by atoms with E-state index in [0.29, 0.717) is 29.1 Å². The Morgan fingerprint density at radius 1 is 1.03 bits per heavy atom. The van der Waals surface area contributed by atoms with Crippen molar-refractivity contribution in [1.82, 2.24) is 4.98 Å². The van der Waals surface area contributed by atoms with E-state index in [1.54, 1.807) is 54.6 Å². The molecule has 0 bridgehead atoms. The Morgan fingerprint density at radius 3 is 2.41 bits per heavy atom. The maximum atomic E-state index is 12.8. The lowest BCUT2D eigenvalue weighted by atomic mass is 10.1. The van der Waals surface area contributed by atoms with Gasteiger partial charge in [-0.25, -0.2) is 9.88 Å². The average molecular weight is 490 g/mol. The van der Waals surface area contributed by atoms with Gasteiger partial charge in [-0.15, -0.1) is 11.3 Å². The SMILES string of the molecule is CCOc1ccc(NC(=O)CSc2nc3ccc(N4C(=O)c5ccccc5C4=O)cc3s2)cc1. The summed E-state index contributed by atoms with van der Waals surface area (Å²) < 4.78 is 6.97. The molecule has 170 valence electrons. The van der Waals surface area contributed by atoms with E-state index in [1.807, 2.05) is 19.1 Å². The number of carbonyl (C=O) groups excluding carboxylic acids is 3. The fraction of sp³-hybridized carbons (Fsp3) is 0.120. The van der Waals surface area contributed by atoms with Crippen LogP contribution in [0.5, 0.6) is 5.75 Å². The fourth-order valence-electron chi connectivity index (χ4n) is 3.64. The van der Waals surface area contributed by atoms with Gasteiger partial charge in [0.15, 0.2) is 4.34 Å². The highest BCUT2D eigenvalue weighted by Crippen LogP contribution is 2.35. The summed E-state index contributed by atoms with van der Waals surface area (Å²) >= 11 is 2.76. The molecule has 0 fully saturated rings. The molecule has 0 atom stereocenters. The second-order valence-electron chi connectivity index (χ2n) is 7.42. The maximum absolute atomic E-state index is 12.8. The predicted octanol–water partition coefficient (Wildman–Crippen LogP) is 5.23. The number of thiazole rings is 1. The van der Waals surface area contributed by atoms with Gasteiger partial charge in [0.25, 0.3) is 11.8 Å². The number of hydrogen-bond donors (Lipinski definition) is 1. The van der Waals surface area contributed by atoms with Crippen LogP contribution < -0.4 is 15.0 Å². The Morgan fingerprint density at radius 2 is 1.74 bits per heavy atom. The van der Waals surface area contributed by atoms with Crippen molar-refractivity contribution in [1.29, 1.82) is 0 Å². The quantitative estimate of drug-likeness (QED) is 0.283. The number of benzene rings is 3. The van der Waals surface area contributed by atoms with E-state index in [2.05, 4.69) is 10.3 Å². The van der Waals surface area contributed by atoms with E-state index >= 15 is 0 Å². The van der Waals surface area contributed by atoms with Crippen LogP contribution in [0.15, 0.2) is 71.1 Å². The van der Waals surface area contributed by atoms with Crippen LogP contribution in [-0.2, 0) is 4.79 Å². The second kappa shape index (κ2) is 9.28. The Kier molecular flexibility index (Phi) is 6.04. The van der Waals surface area contributed by atoms with E-state index in [1.165, 1.54) is 28.0 Å². The summed E-state index contributed by atoms with van der Waals surface area (Å²) in [6.45, 7) is 2.50. The van der Waals surface area contributed by atoms with Gasteiger partial charge in [0.1, 0.15) is 5.75 Å². The van der Waals surface area contributed by atoms with Gasteiger partial charge in [0, 0.05) is 5.69 Å². The van der Waals surface area contributed by atoms with Crippen LogP contribution in [-0.4, -0.2) is 35.1 Å². The van der Waals surface area contributed by atoms with Gasteiger partial charge in [-0.2, -0.15) is 0 Å². The number of imide groups is 1. The first-order valence-electron chi connectivity index (χ1n) is 10.6. The number of nitrogens with zero attached hydrogens (tertiary/aromatic N) is 2. The van der Waals surface area contributed by atoms with Gasteiger partial charge < -0.3 is 10.1 Å². The predicted molar refractivity (Wildman–Crippen MR) is 134 cm³/mol. The zero-order valence-corrected chi connectivity index (χ0v) is 19.7. The number of fused-ring (bicyclic) bond motifs is 2. The van der Waals surface area contributed by atoms with Crippen molar-refractivity contribution >= 4 is 62.4 Å². The molecule has 1 aliphatic rings. The summed E-state index contributed by atoms with van der Waals surface area (Å²) in [5.41, 5.74) is 2.77. The number of hydrogen-bond acceptors (Lipinski definition) is 7. The standard InChI is InChI=1S/C25H19N3O4S2/c1-2-32-17-10-7-15(8-11-17)26-22(29)14-33-25-27-20-12-9-16(13-21(20)34-25)28-23(30)18-5-3-4-6-19(18)24(28)31/h3-13H,2,14H2,1H3,(H,26,29). The second-order valence-corrected chi connectivity index (χ2v) is 9.67. The normalized spacial score (nSPS) is 12.8. The Balaban J connectivity index is 1.26. The largest absolute Gasteiger partial charge is 0.494 e. The number of rotatable bonds is 7. The third kappa shape index (κ3) is 4.27. The van der Waals surface area contributed by atoms with E-state index < -0.39 is 0 Å². The summed E-state index contributed by atoms with van der Waals surface area (Å²) in [4.78, 5) is 43.6. The molecular weight excluding hydrogens is 470 g/mol. The van der Waals surface area contributed by atoms with E-state index in [9.17, 15) is 14.4 Å². The molecule has 0 saturated carbocycles. The minimum absolute atomic E-state index is 0.139. The topological polar surface area (TPSA) is 88.6 Å². The van der Waals surface area contributed by atoms with Crippen LogP contribution in [0.1, 0.15) is 27.6 Å². The Labute approximate surface area is 203 Å². The summed E-state index contributed by atoms with van der Waals surface area (Å²) in [7, 11) is 0. The van der Waals surface area contributed by atoms with E-state index in [-0.39, 0.29) is 23.5 Å². The van der Waals surface area contributed by atoms with Crippen LogP contribution in [0.3, 0.4) is 0 Å². The van der Waals surface area contributed by atoms with Crippen molar-refractivity contribution in [3.05, 3.63) is 77.9 Å². The lowest BCUT2D eigenvalue weighted by molar-refractivity contribution is -0.113. The molecule has 3 amide bonds. The molecule has 4 aromatic rings. The third-order valence-electron chi connectivity index (χ3n) is 5.18. The smallest absolute Gasteiger partial charge is 0.266 e. The highest BCUT2D eigenvalue weighted by molar-refractivity contribution is 8.01. The first kappa shape index (κ1) is 22.1. The first-order chi connectivity index (χ1) is 16.5. The maximum Gasteiger partial charge on any atom is 0.266 e. The monoisotopic (exact) mass is 489 g/mol. The fourth-order valence-corrected chi connectivity index (χ4v) is 5.54. The van der Waals surface area contributed by atoms with Crippen molar-refractivity contribution in [3.8, 4) is 5.75 Å². The molecule has 0 radical (unpaired) electrons. The number of aromatic nitrogens is 1. The van der Waals surface area contributed by atoms with Crippen LogP contribution in [0, 0.1) is 0 Å². The molecule has 1 N–H and O–H groups in total. The van der Waals surface area contributed by atoms with E-state index in [0.717, 1.165) is 20.3 Å². The van der Waals surface area contributed by atoms with Crippen LogP contribution >= 0.6 is 23.1 Å². The summed E-state index contributed by atoms with van der Waals surface area (Å²) in [6.07, 6.45) is 0. The number of nitrogens with one attached hydrogen (secondary N) is 1.